The molecule has 1 N–H and O–H groups in total. The Labute approximate surface area is 160 Å². The molecule has 7 heteroatoms. The SMILES string of the molecule is C#CC(C)(C)NC(=O)CN(c1ccccc1)S(=O)(=O)c1ccc(OC)cc1. The van der Waals surface area contributed by atoms with Crippen LogP contribution in [0, 0.1) is 12.3 Å². The smallest absolute Gasteiger partial charge is 0.264 e. The van der Waals surface area contributed by atoms with Crippen molar-refractivity contribution in [2.75, 3.05) is 18.0 Å². The fraction of sp³-hybridized carbons (Fsp3) is 0.250. The molecule has 1 amide bonds. The van der Waals surface area contributed by atoms with E-state index in [1.807, 2.05) is 0 Å². The molecule has 2 aromatic rings. The van der Waals surface area contributed by atoms with E-state index < -0.39 is 28.0 Å². The van der Waals surface area contributed by atoms with E-state index in [9.17, 15) is 13.2 Å². The first kappa shape index (κ1) is 20.3. The number of ether oxygens (including phenoxy) is 1. The summed E-state index contributed by atoms with van der Waals surface area (Å²) in [5.41, 5.74) is -0.509. The Morgan fingerprint density at radius 1 is 1.15 bits per heavy atom. The number of sulfonamides is 1. The van der Waals surface area contributed by atoms with Crippen molar-refractivity contribution in [3.63, 3.8) is 0 Å². The summed E-state index contributed by atoms with van der Waals surface area (Å²) in [5, 5.41) is 2.65. The first-order chi connectivity index (χ1) is 12.7. The maximum Gasteiger partial charge on any atom is 0.264 e. The Balaban J connectivity index is 2.40. The van der Waals surface area contributed by atoms with E-state index in [-0.39, 0.29) is 4.90 Å². The van der Waals surface area contributed by atoms with Gasteiger partial charge in [-0.1, -0.05) is 24.1 Å². The summed E-state index contributed by atoms with van der Waals surface area (Å²) < 4.78 is 32.5. The molecule has 0 aliphatic heterocycles. The molecule has 0 radical (unpaired) electrons. The van der Waals surface area contributed by atoms with Gasteiger partial charge in [0, 0.05) is 0 Å². The highest BCUT2D eigenvalue weighted by Crippen LogP contribution is 2.25. The topological polar surface area (TPSA) is 75.7 Å². The number of hydrogen-bond acceptors (Lipinski definition) is 4. The maximum atomic E-state index is 13.2. The molecule has 142 valence electrons. The summed E-state index contributed by atoms with van der Waals surface area (Å²) in [6, 6.07) is 14.4. The van der Waals surface area contributed by atoms with Gasteiger partial charge in [0.1, 0.15) is 12.3 Å². The third kappa shape index (κ3) is 5.02. The first-order valence-corrected chi connectivity index (χ1v) is 9.64. The minimum Gasteiger partial charge on any atom is -0.497 e. The van der Waals surface area contributed by atoms with Gasteiger partial charge in [0.05, 0.1) is 23.2 Å². The summed E-state index contributed by atoms with van der Waals surface area (Å²) in [5.74, 6) is 2.49. The lowest BCUT2D eigenvalue weighted by atomic mass is 10.1. The molecule has 0 heterocycles. The quantitative estimate of drug-likeness (QED) is 0.742. The Morgan fingerprint density at radius 2 is 1.74 bits per heavy atom. The van der Waals surface area contributed by atoms with Crippen LogP contribution >= 0.6 is 0 Å². The van der Waals surface area contributed by atoms with Gasteiger partial charge in [-0.15, -0.1) is 6.42 Å². The van der Waals surface area contributed by atoms with E-state index in [0.29, 0.717) is 11.4 Å². The van der Waals surface area contributed by atoms with Gasteiger partial charge in [0.15, 0.2) is 0 Å². The van der Waals surface area contributed by atoms with Gasteiger partial charge in [-0.05, 0) is 50.2 Å². The van der Waals surface area contributed by atoms with Crippen LogP contribution < -0.4 is 14.4 Å². The van der Waals surface area contributed by atoms with Gasteiger partial charge in [-0.25, -0.2) is 8.42 Å². The predicted molar refractivity (Wildman–Crippen MR) is 105 cm³/mol. The third-order valence-electron chi connectivity index (χ3n) is 3.79. The minimum atomic E-state index is -3.97. The summed E-state index contributed by atoms with van der Waals surface area (Å²) >= 11 is 0. The number of carbonyl (C=O) groups is 1. The fourth-order valence-electron chi connectivity index (χ4n) is 2.34. The summed E-state index contributed by atoms with van der Waals surface area (Å²) in [6.45, 7) is 2.93. The van der Waals surface area contributed by atoms with Crippen molar-refractivity contribution in [1.29, 1.82) is 0 Å². The van der Waals surface area contributed by atoms with E-state index in [1.54, 1.807) is 56.3 Å². The standard InChI is InChI=1S/C20H22N2O4S/c1-5-20(2,3)21-19(23)15-22(16-9-7-6-8-10-16)27(24,25)18-13-11-17(26-4)12-14-18/h1,6-14H,15H2,2-4H3,(H,21,23). The molecular weight excluding hydrogens is 364 g/mol. The largest absolute Gasteiger partial charge is 0.497 e. The number of terminal acetylenes is 1. The molecular formula is C20H22N2O4S. The second kappa shape index (κ2) is 8.14. The molecule has 2 rings (SSSR count). The van der Waals surface area contributed by atoms with Crippen LogP contribution in [0.3, 0.4) is 0 Å². The zero-order chi connectivity index (χ0) is 20.1. The van der Waals surface area contributed by atoms with Crippen LogP contribution in [0.15, 0.2) is 59.5 Å². The van der Waals surface area contributed by atoms with Gasteiger partial charge in [-0.3, -0.25) is 9.10 Å². The van der Waals surface area contributed by atoms with Crippen molar-refractivity contribution in [1.82, 2.24) is 5.32 Å². The van der Waals surface area contributed by atoms with Crippen molar-refractivity contribution < 1.29 is 17.9 Å². The van der Waals surface area contributed by atoms with Gasteiger partial charge < -0.3 is 10.1 Å². The van der Waals surface area contributed by atoms with Crippen LogP contribution in [0.2, 0.25) is 0 Å². The van der Waals surface area contributed by atoms with Crippen LogP contribution in [-0.4, -0.2) is 33.5 Å². The van der Waals surface area contributed by atoms with Gasteiger partial charge >= 0.3 is 0 Å². The molecule has 0 aliphatic rings. The molecule has 0 unspecified atom stereocenters. The second-order valence-electron chi connectivity index (χ2n) is 6.34. The number of methoxy groups -OCH3 is 1. The lowest BCUT2D eigenvalue weighted by molar-refractivity contribution is -0.120. The molecule has 0 spiro atoms. The maximum absolute atomic E-state index is 13.2. The number of carbonyl (C=O) groups excluding carboxylic acids is 1. The molecule has 0 aromatic heterocycles. The Kier molecular flexibility index (Phi) is 6.13. The highest BCUT2D eigenvalue weighted by Gasteiger charge is 2.28. The normalized spacial score (nSPS) is 11.3. The lowest BCUT2D eigenvalue weighted by Gasteiger charge is -2.26. The highest BCUT2D eigenvalue weighted by atomic mass is 32.2. The average Bonchev–Trinajstić information content (AvgIpc) is 2.66. The van der Waals surface area contributed by atoms with Crippen molar-refractivity contribution in [3.8, 4) is 18.1 Å². The van der Waals surface area contributed by atoms with E-state index in [0.717, 1.165) is 4.31 Å². The van der Waals surface area contributed by atoms with Gasteiger partial charge in [0.2, 0.25) is 5.91 Å². The third-order valence-corrected chi connectivity index (χ3v) is 5.58. The van der Waals surface area contributed by atoms with Crippen molar-refractivity contribution in [3.05, 3.63) is 54.6 Å². The summed E-state index contributed by atoms with van der Waals surface area (Å²) in [7, 11) is -2.47. The lowest BCUT2D eigenvalue weighted by Crippen LogP contribution is -2.48. The van der Waals surface area contributed by atoms with Crippen molar-refractivity contribution in [2.24, 2.45) is 0 Å². The monoisotopic (exact) mass is 386 g/mol. The molecule has 2 aromatic carbocycles. The zero-order valence-corrected chi connectivity index (χ0v) is 16.3. The van der Waals surface area contributed by atoms with Crippen molar-refractivity contribution >= 4 is 21.6 Å². The first-order valence-electron chi connectivity index (χ1n) is 8.20. The minimum absolute atomic E-state index is 0.0520. The average molecular weight is 386 g/mol. The van der Waals surface area contributed by atoms with E-state index in [2.05, 4.69) is 11.2 Å². The van der Waals surface area contributed by atoms with Crippen LogP contribution in [0.25, 0.3) is 0 Å². The zero-order valence-electron chi connectivity index (χ0n) is 15.5. The fourth-order valence-corrected chi connectivity index (χ4v) is 3.76. The number of amides is 1. The van der Waals surface area contributed by atoms with E-state index in [1.165, 1.54) is 19.2 Å². The van der Waals surface area contributed by atoms with Gasteiger partial charge in [-0.2, -0.15) is 0 Å². The predicted octanol–water partition coefficient (Wildman–Crippen LogP) is 2.42. The Bertz CT molecular complexity index is 930. The number of nitrogens with one attached hydrogen (secondary N) is 1. The molecule has 0 aliphatic carbocycles. The van der Waals surface area contributed by atoms with Crippen LogP contribution in [0.1, 0.15) is 13.8 Å². The molecule has 0 atom stereocenters. The van der Waals surface area contributed by atoms with Crippen LogP contribution in [0.4, 0.5) is 5.69 Å². The highest BCUT2D eigenvalue weighted by molar-refractivity contribution is 7.92. The molecule has 0 saturated heterocycles. The van der Waals surface area contributed by atoms with Crippen molar-refractivity contribution in [2.45, 2.75) is 24.3 Å². The summed E-state index contributed by atoms with van der Waals surface area (Å²) in [4.78, 5) is 12.5. The number of anilines is 1. The number of hydrogen-bond donors (Lipinski definition) is 1. The van der Waals surface area contributed by atoms with E-state index in [4.69, 9.17) is 11.2 Å². The molecule has 0 fully saturated rings. The number of para-hydroxylation sites is 1. The molecule has 27 heavy (non-hydrogen) atoms. The second-order valence-corrected chi connectivity index (χ2v) is 8.20. The summed E-state index contributed by atoms with van der Waals surface area (Å²) in [6.07, 6.45) is 5.39. The van der Waals surface area contributed by atoms with Crippen LogP contribution in [-0.2, 0) is 14.8 Å². The number of benzene rings is 2. The molecule has 6 nitrogen and oxygen atoms in total. The molecule has 0 bridgehead atoms. The number of nitrogens with zero attached hydrogens (tertiary/aromatic N) is 1. The van der Waals surface area contributed by atoms with Crippen LogP contribution in [0.5, 0.6) is 5.75 Å². The Morgan fingerprint density at radius 3 is 2.26 bits per heavy atom. The molecule has 0 saturated carbocycles. The Hall–Kier alpha value is -2.98. The van der Waals surface area contributed by atoms with Gasteiger partial charge in [0.25, 0.3) is 10.0 Å². The number of rotatable bonds is 7. The van der Waals surface area contributed by atoms with E-state index >= 15 is 0 Å².